The number of para-hydroxylation sites is 1. The lowest BCUT2D eigenvalue weighted by atomic mass is 9.95. The summed E-state index contributed by atoms with van der Waals surface area (Å²) in [6.07, 6.45) is 5.60. The van der Waals surface area contributed by atoms with E-state index in [-0.39, 0.29) is 0 Å². The van der Waals surface area contributed by atoms with Crippen molar-refractivity contribution in [2.45, 2.75) is 52.4 Å². The van der Waals surface area contributed by atoms with Gasteiger partial charge in [-0.2, -0.15) is 0 Å². The minimum Gasteiger partial charge on any atom is -0.408 e. The van der Waals surface area contributed by atoms with E-state index in [1.807, 2.05) is 42.5 Å². The quantitative estimate of drug-likeness (QED) is 0.0966. The van der Waals surface area contributed by atoms with Crippen molar-refractivity contribution in [3.63, 3.8) is 0 Å². The number of carbonyl (C=O) groups is 1. The largest absolute Gasteiger partial charge is 0.532 e. The predicted octanol–water partition coefficient (Wildman–Crippen LogP) is 12.3. The maximum atomic E-state index is 13.0. The Hall–Kier alpha value is -2.85. The lowest BCUT2D eigenvalue weighted by molar-refractivity contribution is 0.0697. The van der Waals surface area contributed by atoms with Crippen molar-refractivity contribution in [2.24, 2.45) is 0 Å². The van der Waals surface area contributed by atoms with Gasteiger partial charge in [0.1, 0.15) is 34.3 Å². The molecule has 48 heavy (non-hydrogen) atoms. The lowest BCUT2D eigenvalue weighted by Gasteiger charge is -2.27. The molecule has 0 spiro atoms. The molecule has 1 atom stereocenters. The van der Waals surface area contributed by atoms with E-state index >= 15 is 0 Å². The van der Waals surface area contributed by atoms with Gasteiger partial charge >= 0.3 is 23.2 Å². The van der Waals surface area contributed by atoms with Gasteiger partial charge in [0.15, 0.2) is 0 Å². The van der Waals surface area contributed by atoms with Gasteiger partial charge in [-0.05, 0) is 136 Å². The zero-order valence-corrected chi connectivity index (χ0v) is 32.4. The number of carbonyl (C=O) groups excluding carboxylic acids is 1. The Balaban J connectivity index is 1.33. The van der Waals surface area contributed by atoms with Crippen LogP contribution in [0.3, 0.4) is 0 Å². The monoisotopic (exact) mass is 904 g/mol. The molecule has 0 saturated heterocycles. The molecule has 5 aromatic rings. The highest BCUT2D eigenvalue weighted by atomic mass is 127. The summed E-state index contributed by atoms with van der Waals surface area (Å²) < 4.78 is 40.2. The van der Waals surface area contributed by atoms with E-state index in [9.17, 15) is 4.79 Å². The second-order valence-corrected chi connectivity index (χ2v) is 16.0. The maximum absolute atomic E-state index is 13.0. The number of fused-ring (bicyclic) bond motifs is 1. The molecule has 0 fully saturated rings. The summed E-state index contributed by atoms with van der Waals surface area (Å²) in [5, 5.41) is 1.99. The highest BCUT2D eigenvalue weighted by Gasteiger charge is 2.35. The summed E-state index contributed by atoms with van der Waals surface area (Å²) in [6.45, 7) is 4.35. The molecule has 1 unspecified atom stereocenters. The number of aryl methyl sites for hydroxylation is 2. The number of halogens is 2. The molecule has 0 aliphatic carbocycles. The van der Waals surface area contributed by atoms with Crippen molar-refractivity contribution in [1.82, 2.24) is 0 Å². The molecule has 7 nitrogen and oxygen atoms in total. The number of hydrogen-bond donors (Lipinski definition) is 0. The first-order valence-corrected chi connectivity index (χ1v) is 20.2. The van der Waals surface area contributed by atoms with Crippen molar-refractivity contribution < 1.29 is 31.9 Å². The Kier molecular flexibility index (Phi) is 10.5. The van der Waals surface area contributed by atoms with Gasteiger partial charge < -0.3 is 27.1 Å². The highest BCUT2D eigenvalue weighted by Crippen LogP contribution is 2.56. The first-order chi connectivity index (χ1) is 23.4. The zero-order valence-electron chi connectivity index (χ0n) is 26.3. The smallest absolute Gasteiger partial charge is 0.408 e. The molecule has 0 saturated carbocycles. The molecule has 2 aliphatic rings. The highest BCUT2D eigenvalue weighted by molar-refractivity contribution is 14.1. The summed E-state index contributed by atoms with van der Waals surface area (Å²) in [4.78, 5) is 13.0. The van der Waals surface area contributed by atoms with Gasteiger partial charge in [-0.1, -0.05) is 63.1 Å². The first kappa shape index (κ1) is 33.6. The van der Waals surface area contributed by atoms with Gasteiger partial charge in [0.2, 0.25) is 0 Å². The second-order valence-electron chi connectivity index (χ2n) is 11.5. The zero-order chi connectivity index (χ0) is 33.2. The Bertz CT molecular complexity index is 1960. The van der Waals surface area contributed by atoms with Gasteiger partial charge in [0, 0.05) is 18.3 Å². The fourth-order valence-electron chi connectivity index (χ4n) is 5.78. The number of hydrogen-bond acceptors (Lipinski definition) is 7. The van der Waals surface area contributed by atoms with Gasteiger partial charge in [-0.3, -0.25) is 0 Å². The van der Waals surface area contributed by atoms with Crippen molar-refractivity contribution in [1.29, 1.82) is 0 Å². The fourth-order valence-corrected chi connectivity index (χ4v) is 9.29. The van der Waals surface area contributed by atoms with Crippen LogP contribution in [0.25, 0.3) is 21.9 Å². The molecule has 0 amide bonds. The molecule has 0 N–H and O–H groups in total. The third-order valence-corrected chi connectivity index (χ3v) is 11.4. The molecule has 0 bridgehead atoms. The molecule has 0 aromatic heterocycles. The lowest BCUT2D eigenvalue weighted by Crippen LogP contribution is -2.15. The minimum absolute atomic E-state index is 0.384. The molecule has 7 rings (SSSR count). The molecule has 2 heterocycles. The van der Waals surface area contributed by atoms with Crippen LogP contribution in [0.1, 0.15) is 61.0 Å². The SMILES string of the molecule is CCCCc1cc(I)cc(-c2cc(I)cc(CCCC)c2OP2Oc3cccc4cccc(c34)O2)c1OP1OC(=O)c2ccccc2O1. The van der Waals surface area contributed by atoms with Gasteiger partial charge in [-0.15, -0.1) is 0 Å². The van der Waals surface area contributed by atoms with E-state index in [2.05, 4.69) is 83.3 Å². The topological polar surface area (TPSA) is 72.5 Å². The van der Waals surface area contributed by atoms with Gasteiger partial charge in [0.05, 0.1) is 5.39 Å². The van der Waals surface area contributed by atoms with Crippen LogP contribution in [-0.2, 0) is 17.4 Å². The molecule has 246 valence electrons. The average Bonchev–Trinajstić information content (AvgIpc) is 3.08. The van der Waals surface area contributed by atoms with Crippen molar-refractivity contribution in [3.8, 4) is 39.9 Å². The standard InChI is InChI=1S/C37H32I2O7P2/c1-3-5-11-24-19-26(38)21-29(35(24)44-47-42-32-17-9-13-23-14-10-18-33(43-47)34(23)32)30-22-27(39)20-25(12-6-4-2)36(30)45-48-41-31-16-8-7-15-28(31)37(40)46-48/h7-10,13-22H,3-6,11-12H2,1-2H3. The normalized spacial score (nSPS) is 15.2. The van der Waals surface area contributed by atoms with E-state index in [1.54, 1.807) is 18.2 Å². The third kappa shape index (κ3) is 7.07. The number of rotatable bonds is 11. The van der Waals surface area contributed by atoms with Crippen LogP contribution < -0.4 is 22.6 Å². The fraction of sp³-hybridized carbons (Fsp3) is 0.216. The van der Waals surface area contributed by atoms with E-state index in [4.69, 9.17) is 27.1 Å². The van der Waals surface area contributed by atoms with Crippen LogP contribution in [0.4, 0.5) is 0 Å². The van der Waals surface area contributed by atoms with E-state index in [0.29, 0.717) is 22.8 Å². The Morgan fingerprint density at radius 3 is 1.67 bits per heavy atom. The van der Waals surface area contributed by atoms with Crippen LogP contribution in [-0.4, -0.2) is 5.97 Å². The van der Waals surface area contributed by atoms with Crippen LogP contribution in [0.15, 0.2) is 84.9 Å². The second kappa shape index (κ2) is 15.0. The average molecular weight is 904 g/mol. The maximum Gasteiger partial charge on any atom is 0.532 e. The molecular formula is C37H32I2O7P2. The number of unbranched alkanes of at least 4 members (excludes halogenated alkanes) is 2. The molecule has 0 radical (unpaired) electrons. The van der Waals surface area contributed by atoms with E-state index in [0.717, 1.165) is 90.2 Å². The van der Waals surface area contributed by atoms with Crippen molar-refractivity contribution >= 4 is 79.1 Å². The summed E-state index contributed by atoms with van der Waals surface area (Å²) in [7, 11) is -3.89. The van der Waals surface area contributed by atoms with Crippen LogP contribution in [0, 0.1) is 7.14 Å². The van der Waals surface area contributed by atoms with Crippen molar-refractivity contribution in [2.75, 3.05) is 0 Å². The summed E-state index contributed by atoms with van der Waals surface area (Å²) in [5.74, 6) is 2.77. The first-order valence-electron chi connectivity index (χ1n) is 15.9. The van der Waals surface area contributed by atoms with Crippen molar-refractivity contribution in [3.05, 3.63) is 109 Å². The Morgan fingerprint density at radius 1 is 0.604 bits per heavy atom. The van der Waals surface area contributed by atoms with E-state index in [1.165, 1.54) is 0 Å². The molecule has 11 heteroatoms. The Morgan fingerprint density at radius 2 is 1.10 bits per heavy atom. The van der Waals surface area contributed by atoms with E-state index < -0.39 is 23.2 Å². The van der Waals surface area contributed by atoms with Crippen LogP contribution >= 0.6 is 62.4 Å². The van der Waals surface area contributed by atoms with Crippen LogP contribution in [0.2, 0.25) is 0 Å². The van der Waals surface area contributed by atoms with Crippen LogP contribution in [0.5, 0.6) is 28.7 Å². The predicted molar refractivity (Wildman–Crippen MR) is 207 cm³/mol. The Labute approximate surface area is 309 Å². The molecular weight excluding hydrogens is 872 g/mol. The van der Waals surface area contributed by atoms with Gasteiger partial charge in [0.25, 0.3) is 0 Å². The van der Waals surface area contributed by atoms with Gasteiger partial charge in [-0.25, -0.2) is 4.79 Å². The number of benzene rings is 5. The molecule has 2 aliphatic heterocycles. The summed E-state index contributed by atoms with van der Waals surface area (Å²) in [6, 6.07) is 27.5. The molecule has 5 aromatic carbocycles. The summed E-state index contributed by atoms with van der Waals surface area (Å²) >= 11 is 4.72. The minimum atomic E-state index is -2.06. The third-order valence-electron chi connectivity index (χ3n) is 8.09. The summed E-state index contributed by atoms with van der Waals surface area (Å²) in [5.41, 5.74) is 4.14.